The third-order valence-corrected chi connectivity index (χ3v) is 11.1. The largest absolute Gasteiger partial charge is 0.393 e. The van der Waals surface area contributed by atoms with E-state index in [9.17, 15) is 15.3 Å². The Bertz CT molecular complexity index is 782. The van der Waals surface area contributed by atoms with E-state index in [2.05, 4.69) is 32.6 Å². The normalized spacial score (nSPS) is 65.6. The summed E-state index contributed by atoms with van der Waals surface area (Å²) in [6.45, 7) is 6.76. The molecule has 3 N–H and O–H groups in total. The molecule has 0 radical (unpaired) electrons. The van der Waals surface area contributed by atoms with E-state index < -0.39 is 11.2 Å². The monoisotopic (exact) mass is 384 g/mol. The van der Waals surface area contributed by atoms with E-state index in [4.69, 9.17) is 0 Å². The van der Waals surface area contributed by atoms with Crippen molar-refractivity contribution in [3.63, 3.8) is 0 Å². The second-order valence-electron chi connectivity index (χ2n) is 11.8. The molecule has 28 heavy (non-hydrogen) atoms. The van der Waals surface area contributed by atoms with Crippen LogP contribution in [0.25, 0.3) is 0 Å². The van der Waals surface area contributed by atoms with Gasteiger partial charge >= 0.3 is 0 Å². The zero-order valence-electron chi connectivity index (χ0n) is 17.6. The minimum Gasteiger partial charge on any atom is -0.393 e. The molecule has 0 aliphatic heterocycles. The Morgan fingerprint density at radius 2 is 1.64 bits per heavy atom. The van der Waals surface area contributed by atoms with Gasteiger partial charge in [-0.1, -0.05) is 26.7 Å². The number of aliphatic hydroxyl groups excluding tert-OH is 1. The molecule has 6 fully saturated rings. The van der Waals surface area contributed by atoms with Crippen LogP contribution >= 0.6 is 0 Å². The molecule has 12 atom stereocenters. The van der Waals surface area contributed by atoms with E-state index in [0.29, 0.717) is 47.8 Å². The lowest BCUT2D eigenvalue weighted by Crippen LogP contribution is -2.65. The van der Waals surface area contributed by atoms with Crippen molar-refractivity contribution in [1.82, 2.24) is 0 Å². The molecule has 0 saturated heterocycles. The van der Waals surface area contributed by atoms with Gasteiger partial charge in [-0.2, -0.15) is 0 Å². The van der Waals surface area contributed by atoms with Crippen molar-refractivity contribution < 1.29 is 15.3 Å². The Balaban J connectivity index is 1.42. The van der Waals surface area contributed by atoms with E-state index >= 15 is 0 Å². The second kappa shape index (κ2) is 5.19. The van der Waals surface area contributed by atoms with Gasteiger partial charge in [-0.15, -0.1) is 5.92 Å². The molecule has 0 aromatic heterocycles. The van der Waals surface area contributed by atoms with E-state index in [-0.39, 0.29) is 16.9 Å². The molecule has 3 unspecified atom stereocenters. The molecule has 0 amide bonds. The standard InChI is InChI=1S/C25H36O3/c1-4-5-8-24(27)19-12-16(19)21-20-15-11-18(15)25(28)13-14(26)6-9-22(25,2)17(20)7-10-23(21,24)3/h14-21,26-28H,4,6-7,9-13H2,1-3H3/t14-,15-,16+,17?,18+,19-,20?,21?,22+,23-,24-,25+/m0/s1. The van der Waals surface area contributed by atoms with Gasteiger partial charge in [0.1, 0.15) is 5.60 Å². The lowest BCUT2D eigenvalue weighted by molar-refractivity contribution is -0.233. The Morgan fingerprint density at radius 1 is 0.929 bits per heavy atom. The first-order valence-electron chi connectivity index (χ1n) is 11.8. The van der Waals surface area contributed by atoms with Gasteiger partial charge in [0.15, 0.2) is 0 Å². The quantitative estimate of drug-likeness (QED) is 0.561. The van der Waals surface area contributed by atoms with Crippen LogP contribution in [-0.2, 0) is 0 Å². The zero-order valence-corrected chi connectivity index (χ0v) is 17.6. The third kappa shape index (κ3) is 1.82. The summed E-state index contributed by atoms with van der Waals surface area (Å²) in [5.74, 6) is 10.3. The van der Waals surface area contributed by atoms with Gasteiger partial charge in [0.2, 0.25) is 0 Å². The average Bonchev–Trinajstić information content (AvgIpc) is 3.54. The van der Waals surface area contributed by atoms with Crippen LogP contribution in [0.15, 0.2) is 0 Å². The minimum atomic E-state index is -0.800. The lowest BCUT2D eigenvalue weighted by atomic mass is 9.42. The number of hydrogen-bond donors (Lipinski definition) is 3. The van der Waals surface area contributed by atoms with Gasteiger partial charge in [-0.3, -0.25) is 0 Å². The summed E-state index contributed by atoms with van der Waals surface area (Å²) >= 11 is 0. The van der Waals surface area contributed by atoms with Crippen LogP contribution in [0.4, 0.5) is 0 Å². The third-order valence-electron chi connectivity index (χ3n) is 11.1. The SMILES string of the molecule is CCC#C[C@]1(O)[C@H]2C[C@H]2C2C3C(CC[C@@]21C)[C@@]1(C)CC[C@H](O)C[C@@]1(O)[C@@H]1C[C@H]31. The van der Waals surface area contributed by atoms with Gasteiger partial charge in [0, 0.05) is 24.2 Å². The van der Waals surface area contributed by atoms with Crippen molar-refractivity contribution in [2.45, 2.75) is 89.4 Å². The fraction of sp³-hybridized carbons (Fsp3) is 0.920. The molecule has 6 rings (SSSR count). The Kier molecular flexibility index (Phi) is 3.38. The van der Waals surface area contributed by atoms with E-state index in [1.165, 1.54) is 0 Å². The topological polar surface area (TPSA) is 60.7 Å². The zero-order chi connectivity index (χ0) is 19.7. The van der Waals surface area contributed by atoms with Crippen LogP contribution in [0.3, 0.4) is 0 Å². The minimum absolute atomic E-state index is 0.0733. The van der Waals surface area contributed by atoms with E-state index in [1.54, 1.807) is 0 Å². The summed E-state index contributed by atoms with van der Waals surface area (Å²) in [6.07, 6.45) is 7.25. The summed E-state index contributed by atoms with van der Waals surface area (Å²) in [5.41, 5.74) is -1.64. The number of aliphatic hydroxyl groups is 3. The summed E-state index contributed by atoms with van der Waals surface area (Å²) in [4.78, 5) is 0. The fourth-order valence-electron chi connectivity index (χ4n) is 9.62. The highest BCUT2D eigenvalue weighted by Gasteiger charge is 2.81. The van der Waals surface area contributed by atoms with Crippen molar-refractivity contribution in [2.24, 2.45) is 52.3 Å². The van der Waals surface area contributed by atoms with Crippen molar-refractivity contribution in [3.05, 3.63) is 0 Å². The van der Waals surface area contributed by atoms with Crippen LogP contribution in [0.5, 0.6) is 0 Å². The van der Waals surface area contributed by atoms with Crippen LogP contribution in [0.1, 0.15) is 72.1 Å². The summed E-state index contributed by atoms with van der Waals surface area (Å²) in [6, 6.07) is 0. The molecule has 154 valence electrons. The van der Waals surface area contributed by atoms with Crippen LogP contribution < -0.4 is 0 Å². The van der Waals surface area contributed by atoms with Gasteiger partial charge < -0.3 is 15.3 Å². The maximum Gasteiger partial charge on any atom is 0.134 e. The summed E-state index contributed by atoms with van der Waals surface area (Å²) in [5, 5.41) is 34.0. The van der Waals surface area contributed by atoms with Gasteiger partial charge in [-0.25, -0.2) is 0 Å². The molecule has 0 heterocycles. The fourth-order valence-corrected chi connectivity index (χ4v) is 9.62. The van der Waals surface area contributed by atoms with Crippen molar-refractivity contribution >= 4 is 0 Å². The molecule has 0 aromatic rings. The first kappa shape index (κ1) is 18.2. The Morgan fingerprint density at radius 3 is 2.39 bits per heavy atom. The number of hydrogen-bond acceptors (Lipinski definition) is 3. The van der Waals surface area contributed by atoms with Gasteiger partial charge in [0.25, 0.3) is 0 Å². The molecule has 0 spiro atoms. The number of rotatable bonds is 0. The summed E-state index contributed by atoms with van der Waals surface area (Å²) < 4.78 is 0. The van der Waals surface area contributed by atoms with Gasteiger partial charge in [-0.05, 0) is 79.4 Å². The molecule has 3 heteroatoms. The highest BCUT2D eigenvalue weighted by atomic mass is 16.3. The van der Waals surface area contributed by atoms with Crippen molar-refractivity contribution in [1.29, 1.82) is 0 Å². The van der Waals surface area contributed by atoms with Crippen molar-refractivity contribution in [2.75, 3.05) is 0 Å². The van der Waals surface area contributed by atoms with Crippen LogP contribution in [-0.4, -0.2) is 32.6 Å². The second-order valence-corrected chi connectivity index (χ2v) is 11.8. The first-order valence-corrected chi connectivity index (χ1v) is 11.8. The molecular formula is C25H36O3. The highest BCUT2D eigenvalue weighted by Crippen LogP contribution is 2.81. The predicted molar refractivity (Wildman–Crippen MR) is 107 cm³/mol. The molecule has 0 aromatic carbocycles. The van der Waals surface area contributed by atoms with Crippen LogP contribution in [0, 0.1) is 64.1 Å². The summed E-state index contributed by atoms with van der Waals surface area (Å²) in [7, 11) is 0. The van der Waals surface area contributed by atoms with Crippen molar-refractivity contribution in [3.8, 4) is 11.8 Å². The lowest BCUT2D eigenvalue weighted by Gasteiger charge is -2.64. The molecule has 6 saturated carbocycles. The molecular weight excluding hydrogens is 348 g/mol. The molecule has 6 aliphatic rings. The Labute approximate surface area is 169 Å². The maximum absolute atomic E-state index is 11.8. The molecule has 6 aliphatic carbocycles. The number of fused-ring (bicyclic) bond motifs is 10. The molecule has 3 nitrogen and oxygen atoms in total. The Hall–Kier alpha value is -0.560. The smallest absolute Gasteiger partial charge is 0.134 e. The predicted octanol–water partition coefficient (Wildman–Crippen LogP) is 3.36. The molecule has 0 bridgehead atoms. The van der Waals surface area contributed by atoms with E-state index in [1.807, 2.05) is 0 Å². The first-order chi connectivity index (χ1) is 13.2. The highest BCUT2D eigenvalue weighted by molar-refractivity contribution is 5.36. The average molecular weight is 385 g/mol. The van der Waals surface area contributed by atoms with E-state index in [0.717, 1.165) is 44.9 Å². The maximum atomic E-state index is 11.8. The van der Waals surface area contributed by atoms with Crippen LogP contribution in [0.2, 0.25) is 0 Å². The van der Waals surface area contributed by atoms with Gasteiger partial charge in [0.05, 0.1) is 11.7 Å².